The largest absolute Gasteiger partial charge is 0.461 e. The Bertz CT molecular complexity index is 362. The maximum atomic E-state index is 13.2. The normalized spacial score (nSPS) is 13.5. The summed E-state index contributed by atoms with van der Waals surface area (Å²) in [5.74, 6) is -1.75. The number of ether oxygens (including phenoxy) is 1. The number of alkyl halides is 2. The highest BCUT2D eigenvalue weighted by atomic mass is 32.2. The van der Waals surface area contributed by atoms with Gasteiger partial charge in [0.15, 0.2) is 0 Å². The number of halogens is 2. The van der Waals surface area contributed by atoms with Gasteiger partial charge in [-0.25, -0.2) is 9.00 Å². The van der Waals surface area contributed by atoms with E-state index in [2.05, 4.69) is 4.74 Å². The second kappa shape index (κ2) is 4.80. The molecule has 0 unspecified atom stereocenters. The average Bonchev–Trinajstić information content (AvgIpc) is 2.69. The first-order chi connectivity index (χ1) is 7.00. The van der Waals surface area contributed by atoms with Crippen LogP contribution < -0.4 is 0 Å². The molecular formula is C8H8F2O3S2. The van der Waals surface area contributed by atoms with Gasteiger partial charge in [0.2, 0.25) is 0 Å². The van der Waals surface area contributed by atoms with E-state index < -0.39 is 22.0 Å². The Morgan fingerprint density at radius 2 is 2.33 bits per heavy atom. The minimum atomic E-state index is -3.99. The van der Waals surface area contributed by atoms with Crippen molar-refractivity contribution < 1.29 is 22.5 Å². The van der Waals surface area contributed by atoms with Crippen LogP contribution in [-0.4, -0.2) is 22.0 Å². The summed E-state index contributed by atoms with van der Waals surface area (Å²) in [5, 5.41) is -2.48. The Kier molecular flexibility index (Phi) is 3.92. The highest BCUT2D eigenvalue weighted by molar-refractivity contribution is 7.89. The standard InChI is InChI=1S/C8H8F2O3S2/c1-2-13-7(11)8(9,10)15(12)6-4-3-5-14-6/h3-5H,2H2,1H3/t15-/m0/s1. The molecule has 84 valence electrons. The number of hydrogen-bond acceptors (Lipinski definition) is 4. The monoisotopic (exact) mass is 254 g/mol. The van der Waals surface area contributed by atoms with Gasteiger partial charge in [-0.2, -0.15) is 8.78 Å². The molecule has 0 saturated carbocycles. The van der Waals surface area contributed by atoms with E-state index in [4.69, 9.17) is 0 Å². The van der Waals surface area contributed by atoms with E-state index in [0.29, 0.717) is 0 Å². The minimum absolute atomic E-state index is 0.0481. The van der Waals surface area contributed by atoms with Crippen molar-refractivity contribution in [2.24, 2.45) is 0 Å². The quantitative estimate of drug-likeness (QED) is 0.772. The van der Waals surface area contributed by atoms with Crippen molar-refractivity contribution >= 4 is 28.1 Å². The fourth-order valence-corrected chi connectivity index (χ4v) is 2.73. The summed E-state index contributed by atoms with van der Waals surface area (Å²) in [7, 11) is -2.68. The Labute approximate surface area is 91.5 Å². The molecule has 0 spiro atoms. The van der Waals surface area contributed by atoms with Crippen molar-refractivity contribution in [3.63, 3.8) is 0 Å². The molecule has 0 bridgehead atoms. The second-order valence-corrected chi connectivity index (χ2v) is 5.13. The Morgan fingerprint density at radius 1 is 1.67 bits per heavy atom. The molecule has 1 heterocycles. The topological polar surface area (TPSA) is 43.4 Å². The van der Waals surface area contributed by atoms with Crippen LogP contribution in [0.4, 0.5) is 8.78 Å². The van der Waals surface area contributed by atoms with Crippen LogP contribution in [0.3, 0.4) is 0 Å². The first kappa shape index (κ1) is 12.3. The molecule has 15 heavy (non-hydrogen) atoms. The number of esters is 1. The highest BCUT2D eigenvalue weighted by Crippen LogP contribution is 2.28. The van der Waals surface area contributed by atoms with Crippen molar-refractivity contribution in [2.75, 3.05) is 6.61 Å². The van der Waals surface area contributed by atoms with E-state index in [0.717, 1.165) is 11.3 Å². The van der Waals surface area contributed by atoms with Gasteiger partial charge in [0.1, 0.15) is 10.8 Å². The SMILES string of the molecule is CCOC(=O)C(F)(F)[S@@](=O)c1cccs1. The number of carbonyl (C=O) groups is 1. The third-order valence-electron chi connectivity index (χ3n) is 1.42. The predicted molar refractivity (Wildman–Crippen MR) is 52.3 cm³/mol. The average molecular weight is 254 g/mol. The van der Waals surface area contributed by atoms with Gasteiger partial charge in [0.25, 0.3) is 0 Å². The first-order valence-corrected chi connectivity index (χ1v) is 6.03. The smallest absolute Gasteiger partial charge is 0.420 e. The molecule has 1 aromatic heterocycles. The van der Waals surface area contributed by atoms with Crippen LogP contribution in [0.5, 0.6) is 0 Å². The Hall–Kier alpha value is -0.820. The lowest BCUT2D eigenvalue weighted by Crippen LogP contribution is -2.35. The third-order valence-corrected chi connectivity index (χ3v) is 3.96. The van der Waals surface area contributed by atoms with E-state index in [-0.39, 0.29) is 10.8 Å². The van der Waals surface area contributed by atoms with Gasteiger partial charge in [-0.3, -0.25) is 0 Å². The van der Waals surface area contributed by atoms with Crippen LogP contribution in [-0.2, 0) is 20.3 Å². The van der Waals surface area contributed by atoms with E-state index in [1.807, 2.05) is 0 Å². The molecule has 7 heteroatoms. The van der Waals surface area contributed by atoms with Crippen LogP contribution >= 0.6 is 11.3 Å². The van der Waals surface area contributed by atoms with Gasteiger partial charge in [-0.15, -0.1) is 11.3 Å². The second-order valence-electron chi connectivity index (χ2n) is 2.44. The molecule has 0 aliphatic heterocycles. The Morgan fingerprint density at radius 3 is 2.80 bits per heavy atom. The van der Waals surface area contributed by atoms with Crippen molar-refractivity contribution in [1.29, 1.82) is 0 Å². The molecule has 3 nitrogen and oxygen atoms in total. The number of thiophene rings is 1. The van der Waals surface area contributed by atoms with Gasteiger partial charge in [0.05, 0.1) is 10.8 Å². The molecule has 1 aromatic rings. The summed E-state index contributed by atoms with van der Waals surface area (Å²) in [4.78, 5) is 10.8. The van der Waals surface area contributed by atoms with Crippen LogP contribution in [0, 0.1) is 0 Å². The maximum Gasteiger partial charge on any atom is 0.420 e. The minimum Gasteiger partial charge on any atom is -0.461 e. The van der Waals surface area contributed by atoms with Gasteiger partial charge in [0, 0.05) is 0 Å². The lowest BCUT2D eigenvalue weighted by atomic mass is 10.7. The summed E-state index contributed by atoms with van der Waals surface area (Å²) in [6.45, 7) is 1.23. The predicted octanol–water partition coefficient (Wildman–Crippen LogP) is 2.01. The fourth-order valence-electron chi connectivity index (χ4n) is 0.786. The molecule has 0 radical (unpaired) electrons. The molecule has 0 amide bonds. The lowest BCUT2D eigenvalue weighted by Gasteiger charge is -2.12. The van der Waals surface area contributed by atoms with Crippen molar-refractivity contribution in [2.45, 2.75) is 16.4 Å². The summed E-state index contributed by atoms with van der Waals surface area (Å²) >= 11 is 0.905. The first-order valence-electron chi connectivity index (χ1n) is 4.00. The summed E-state index contributed by atoms with van der Waals surface area (Å²) in [6, 6.07) is 2.77. The molecule has 0 fully saturated rings. The molecular weight excluding hydrogens is 246 g/mol. The zero-order valence-electron chi connectivity index (χ0n) is 7.74. The summed E-state index contributed by atoms with van der Waals surface area (Å²) in [5.41, 5.74) is 0. The van der Waals surface area contributed by atoms with Crippen LogP contribution in [0.2, 0.25) is 0 Å². The molecule has 0 aromatic carbocycles. The van der Waals surface area contributed by atoms with Crippen molar-refractivity contribution in [3.05, 3.63) is 17.5 Å². The zero-order valence-corrected chi connectivity index (χ0v) is 9.37. The Balaban J connectivity index is 2.86. The zero-order chi connectivity index (χ0) is 11.5. The van der Waals surface area contributed by atoms with E-state index in [1.54, 1.807) is 0 Å². The van der Waals surface area contributed by atoms with E-state index in [1.165, 1.54) is 24.4 Å². The number of rotatable bonds is 4. The van der Waals surface area contributed by atoms with Gasteiger partial charge < -0.3 is 4.74 Å². The van der Waals surface area contributed by atoms with Crippen LogP contribution in [0.15, 0.2) is 21.7 Å². The van der Waals surface area contributed by atoms with E-state index >= 15 is 0 Å². The van der Waals surface area contributed by atoms with Gasteiger partial charge in [-0.1, -0.05) is 6.07 Å². The van der Waals surface area contributed by atoms with Gasteiger partial charge in [-0.05, 0) is 18.4 Å². The molecule has 0 aliphatic carbocycles. The molecule has 1 rings (SSSR count). The summed E-state index contributed by atoms with van der Waals surface area (Å²) < 4.78 is 41.8. The number of carbonyl (C=O) groups excluding carboxylic acids is 1. The summed E-state index contributed by atoms with van der Waals surface area (Å²) in [6.07, 6.45) is 0. The molecule has 0 N–H and O–H groups in total. The van der Waals surface area contributed by atoms with Crippen molar-refractivity contribution in [1.82, 2.24) is 0 Å². The molecule has 0 aliphatic rings. The van der Waals surface area contributed by atoms with Crippen LogP contribution in [0.1, 0.15) is 6.92 Å². The maximum absolute atomic E-state index is 13.2. The molecule has 1 atom stereocenters. The fraction of sp³-hybridized carbons (Fsp3) is 0.375. The van der Waals surface area contributed by atoms with Crippen molar-refractivity contribution in [3.8, 4) is 0 Å². The lowest BCUT2D eigenvalue weighted by molar-refractivity contribution is -0.159. The van der Waals surface area contributed by atoms with E-state index in [9.17, 15) is 17.8 Å². The molecule has 0 saturated heterocycles. The highest BCUT2D eigenvalue weighted by Gasteiger charge is 2.48. The van der Waals surface area contributed by atoms with Gasteiger partial charge >= 0.3 is 11.2 Å². The number of hydrogen-bond donors (Lipinski definition) is 0. The van der Waals surface area contributed by atoms with Crippen LogP contribution in [0.25, 0.3) is 0 Å². The third kappa shape index (κ3) is 2.60.